The number of thiol groups is 1. The van der Waals surface area contributed by atoms with Gasteiger partial charge < -0.3 is 31.5 Å². The largest absolute Gasteiger partial charge is 0.480 e. The van der Waals surface area contributed by atoms with E-state index in [1.165, 1.54) is 9.80 Å². The van der Waals surface area contributed by atoms with Gasteiger partial charge in [-0.1, -0.05) is 68.4 Å². The number of nitrogens with zero attached hydrogens (tertiary/aromatic N) is 2. The smallest absolute Gasteiger partial charge is 0.410 e. The minimum absolute atomic E-state index is 0.0186. The summed E-state index contributed by atoms with van der Waals surface area (Å²) in [5.41, 5.74) is 13.8. The fourth-order valence-electron chi connectivity index (χ4n) is 5.16. The minimum Gasteiger partial charge on any atom is -0.480 e. The van der Waals surface area contributed by atoms with E-state index in [1.54, 1.807) is 13.8 Å². The van der Waals surface area contributed by atoms with Crippen LogP contribution >= 0.6 is 12.6 Å². The van der Waals surface area contributed by atoms with Crippen LogP contribution in [0.1, 0.15) is 43.4 Å². The second-order valence-electron chi connectivity index (χ2n) is 11.2. The third-order valence-corrected chi connectivity index (χ3v) is 7.92. The fourth-order valence-corrected chi connectivity index (χ4v) is 5.28. The van der Waals surface area contributed by atoms with E-state index in [0.717, 1.165) is 16.7 Å². The topological polar surface area (TPSA) is 185 Å². The number of amides is 4. The van der Waals surface area contributed by atoms with E-state index in [0.29, 0.717) is 0 Å². The lowest BCUT2D eigenvalue weighted by Crippen LogP contribution is -2.61. The van der Waals surface area contributed by atoms with Crippen LogP contribution in [0.25, 0.3) is 0 Å². The molecule has 0 aromatic heterocycles. The van der Waals surface area contributed by atoms with E-state index < -0.39 is 59.9 Å². The predicted molar refractivity (Wildman–Crippen MR) is 166 cm³/mol. The van der Waals surface area contributed by atoms with Gasteiger partial charge in [0, 0.05) is 37.7 Å². The number of hydrogen-bond acceptors (Lipinski definition) is 8. The van der Waals surface area contributed by atoms with Crippen LogP contribution in [0.15, 0.2) is 54.6 Å². The summed E-state index contributed by atoms with van der Waals surface area (Å²) in [5.74, 6) is -3.42. The van der Waals surface area contributed by atoms with E-state index >= 15 is 0 Å². The first-order valence-corrected chi connectivity index (χ1v) is 15.1. The number of ether oxygens (including phenoxy) is 1. The third-order valence-electron chi connectivity index (χ3n) is 7.45. The van der Waals surface area contributed by atoms with Crippen LogP contribution in [0.2, 0.25) is 0 Å². The van der Waals surface area contributed by atoms with Crippen LogP contribution in [0.3, 0.4) is 0 Å². The molecule has 1 heterocycles. The zero-order valence-corrected chi connectivity index (χ0v) is 25.8. The minimum atomic E-state index is -1.39. The maximum atomic E-state index is 14.4. The van der Waals surface area contributed by atoms with E-state index in [-0.39, 0.29) is 44.7 Å². The molecule has 0 bridgehead atoms. The summed E-state index contributed by atoms with van der Waals surface area (Å²) >= 11 is 4.26. The van der Waals surface area contributed by atoms with E-state index in [1.807, 2.05) is 54.6 Å². The Labute approximate surface area is 262 Å². The molecule has 3 rings (SSSR count). The lowest BCUT2D eigenvalue weighted by atomic mass is 9.91. The highest BCUT2D eigenvalue weighted by Gasteiger charge is 2.43. The summed E-state index contributed by atoms with van der Waals surface area (Å²) in [6.07, 6.45) is -1.07. The number of carbonyl (C=O) groups excluding carboxylic acids is 4. The molecule has 2 aromatic carbocycles. The maximum Gasteiger partial charge on any atom is 0.410 e. The molecule has 0 fully saturated rings. The third kappa shape index (κ3) is 9.20. The molecule has 0 spiro atoms. The molecule has 0 unspecified atom stereocenters. The van der Waals surface area contributed by atoms with Gasteiger partial charge in [0.05, 0.1) is 0 Å². The molecule has 0 saturated carbocycles. The highest BCUT2D eigenvalue weighted by Crippen LogP contribution is 2.27. The van der Waals surface area contributed by atoms with Crippen molar-refractivity contribution in [3.63, 3.8) is 0 Å². The molecule has 0 aliphatic carbocycles. The first-order chi connectivity index (χ1) is 20.9. The Morgan fingerprint density at radius 3 is 2.30 bits per heavy atom. The molecule has 6 N–H and O–H groups in total. The lowest BCUT2D eigenvalue weighted by Gasteiger charge is -2.42. The quantitative estimate of drug-likeness (QED) is 0.196. The highest BCUT2D eigenvalue weighted by molar-refractivity contribution is 7.80. The van der Waals surface area contributed by atoms with Crippen LogP contribution in [0, 0.1) is 5.92 Å². The predicted octanol–water partition coefficient (Wildman–Crippen LogP) is 1.70. The number of aliphatic carboxylic acids is 1. The van der Waals surface area contributed by atoms with Gasteiger partial charge in [0.15, 0.2) is 0 Å². The Kier molecular flexibility index (Phi) is 12.6. The van der Waals surface area contributed by atoms with Gasteiger partial charge in [0.2, 0.25) is 17.7 Å². The van der Waals surface area contributed by atoms with Crippen LogP contribution in [0.5, 0.6) is 0 Å². The molecule has 2 aromatic rings. The van der Waals surface area contributed by atoms with E-state index in [4.69, 9.17) is 16.2 Å². The normalized spacial score (nSPS) is 16.3. The average molecular weight is 628 g/mol. The Morgan fingerprint density at radius 1 is 1.07 bits per heavy atom. The molecular formula is C31H41N5O7S. The Balaban J connectivity index is 1.95. The van der Waals surface area contributed by atoms with Crippen molar-refractivity contribution in [1.29, 1.82) is 0 Å². The maximum absolute atomic E-state index is 14.4. The zero-order valence-electron chi connectivity index (χ0n) is 24.9. The number of primary amides is 1. The fraction of sp³-hybridized carbons (Fsp3) is 0.452. The second kappa shape index (κ2) is 16.1. The lowest BCUT2D eigenvalue weighted by molar-refractivity contribution is -0.148. The summed E-state index contributed by atoms with van der Waals surface area (Å²) in [6, 6.07) is 12.3. The first kappa shape index (κ1) is 34.4. The first-order valence-electron chi connectivity index (χ1n) is 14.4. The van der Waals surface area contributed by atoms with Crippen molar-refractivity contribution in [2.24, 2.45) is 17.4 Å². The molecule has 44 heavy (non-hydrogen) atoms. The number of rotatable bonds is 14. The van der Waals surface area contributed by atoms with Gasteiger partial charge in [-0.15, -0.1) is 0 Å². The molecule has 0 saturated heterocycles. The molecule has 13 heteroatoms. The van der Waals surface area contributed by atoms with Crippen LogP contribution < -0.4 is 16.8 Å². The van der Waals surface area contributed by atoms with Crippen molar-refractivity contribution in [2.75, 3.05) is 12.3 Å². The summed E-state index contributed by atoms with van der Waals surface area (Å²) < 4.78 is 5.61. The van der Waals surface area contributed by atoms with Gasteiger partial charge in [-0.05, 0) is 29.0 Å². The number of nitrogens with one attached hydrogen (secondary N) is 1. The highest BCUT2D eigenvalue weighted by atomic mass is 32.1. The van der Waals surface area contributed by atoms with Gasteiger partial charge in [0.1, 0.15) is 24.7 Å². The average Bonchev–Trinajstić information content (AvgIpc) is 3.00. The summed E-state index contributed by atoms with van der Waals surface area (Å²) in [5, 5.41) is 12.2. The SMILES string of the molecule is CC(C)[C@@H](C(=O)N1Cc2ccccc2C[C@H]1C(=O)N[C@@H](CCC(N)=O)C(=O)O)N(C[C@@H](N)CS)C(=O)OCc1ccccc1. The van der Waals surface area contributed by atoms with E-state index in [2.05, 4.69) is 17.9 Å². The number of nitrogens with two attached hydrogens (primary N) is 2. The van der Waals surface area contributed by atoms with Gasteiger partial charge in [-0.25, -0.2) is 9.59 Å². The molecule has 4 amide bonds. The van der Waals surface area contributed by atoms with Crippen LogP contribution in [-0.4, -0.2) is 81.2 Å². The molecule has 238 valence electrons. The van der Waals surface area contributed by atoms with Gasteiger partial charge in [-0.2, -0.15) is 12.6 Å². The Morgan fingerprint density at radius 2 is 1.70 bits per heavy atom. The molecular weight excluding hydrogens is 586 g/mol. The van der Waals surface area contributed by atoms with Crippen molar-refractivity contribution in [2.45, 2.75) is 70.4 Å². The summed E-state index contributed by atoms with van der Waals surface area (Å²) in [7, 11) is 0. The molecule has 4 atom stereocenters. The Bertz CT molecular complexity index is 1330. The van der Waals surface area contributed by atoms with Crippen LogP contribution in [-0.2, 0) is 43.5 Å². The molecule has 0 radical (unpaired) electrons. The van der Waals surface area contributed by atoms with Crippen molar-refractivity contribution in [1.82, 2.24) is 15.1 Å². The van der Waals surface area contributed by atoms with Crippen molar-refractivity contribution in [3.05, 3.63) is 71.3 Å². The number of hydrogen-bond donors (Lipinski definition) is 5. The second-order valence-corrected chi connectivity index (χ2v) is 11.5. The number of fused-ring (bicyclic) bond motifs is 1. The van der Waals surface area contributed by atoms with Crippen molar-refractivity contribution < 1.29 is 33.8 Å². The van der Waals surface area contributed by atoms with Crippen molar-refractivity contribution >= 4 is 42.4 Å². The van der Waals surface area contributed by atoms with Crippen LogP contribution in [0.4, 0.5) is 4.79 Å². The van der Waals surface area contributed by atoms with Gasteiger partial charge in [0.25, 0.3) is 0 Å². The number of carboxylic acids is 1. The van der Waals surface area contributed by atoms with E-state index in [9.17, 15) is 29.1 Å². The molecule has 1 aliphatic rings. The van der Waals surface area contributed by atoms with Gasteiger partial charge >= 0.3 is 12.1 Å². The van der Waals surface area contributed by atoms with Gasteiger partial charge in [-0.3, -0.25) is 19.3 Å². The van der Waals surface area contributed by atoms with Crippen molar-refractivity contribution in [3.8, 4) is 0 Å². The number of benzene rings is 2. The zero-order chi connectivity index (χ0) is 32.4. The summed E-state index contributed by atoms with van der Waals surface area (Å²) in [4.78, 5) is 67.4. The number of carboxylic acid groups (broad SMARTS) is 1. The molecule has 1 aliphatic heterocycles. The molecule has 12 nitrogen and oxygen atoms in total. The standard InChI is InChI=1S/C31H41N5O7S/c1-19(2)27(36(16-23(32)18-44)31(42)43-17-20-8-4-3-5-9-20)29(39)35-15-22-11-7-6-10-21(22)14-25(35)28(38)34-24(30(40)41)12-13-26(33)37/h3-11,19,23-25,27,44H,12-18,32H2,1-2H3,(H2,33,37)(H,34,38)(H,40,41)/t23-,24+,25+,27+/m1/s1. The summed E-state index contributed by atoms with van der Waals surface area (Å²) in [6.45, 7) is 3.57. The number of carbonyl (C=O) groups is 5. The monoisotopic (exact) mass is 627 g/mol. The Hall–Kier alpha value is -4.10.